The Bertz CT molecular complexity index is 190. The van der Waals surface area contributed by atoms with Gasteiger partial charge in [-0.15, -0.1) is 0 Å². The van der Waals surface area contributed by atoms with Crippen LogP contribution in [0.15, 0.2) is 0 Å². The molecule has 0 amide bonds. The third kappa shape index (κ3) is 1.70. The summed E-state index contributed by atoms with van der Waals surface area (Å²) in [7, 11) is 0. The highest BCUT2D eigenvalue weighted by Gasteiger charge is 2.43. The average molecular weight is 197 g/mol. The first kappa shape index (κ1) is 10.4. The Hall–Kier alpha value is -0.0800. The molecule has 1 N–H and O–H groups in total. The van der Waals surface area contributed by atoms with Crippen molar-refractivity contribution in [3.05, 3.63) is 0 Å². The molecule has 1 heterocycles. The van der Waals surface area contributed by atoms with Crippen LogP contribution in [-0.4, -0.2) is 24.3 Å². The van der Waals surface area contributed by atoms with Crippen molar-refractivity contribution in [2.75, 3.05) is 13.2 Å². The van der Waals surface area contributed by atoms with E-state index in [9.17, 15) is 0 Å². The lowest BCUT2D eigenvalue weighted by Gasteiger charge is -2.46. The van der Waals surface area contributed by atoms with Gasteiger partial charge in [-0.05, 0) is 25.7 Å². The highest BCUT2D eigenvalue weighted by Crippen LogP contribution is 2.36. The van der Waals surface area contributed by atoms with Crippen LogP contribution in [0, 0.1) is 5.92 Å². The van der Waals surface area contributed by atoms with Gasteiger partial charge in [-0.1, -0.05) is 26.7 Å². The maximum Gasteiger partial charge on any atom is 0.0802 e. The summed E-state index contributed by atoms with van der Waals surface area (Å²) in [6.07, 6.45) is 5.35. The van der Waals surface area contributed by atoms with E-state index in [1.807, 2.05) is 0 Å². The van der Waals surface area contributed by atoms with Gasteiger partial charge in [0.1, 0.15) is 0 Å². The Morgan fingerprint density at radius 2 is 1.86 bits per heavy atom. The molecular weight excluding hydrogens is 174 g/mol. The molecular formula is C12H23NO. The van der Waals surface area contributed by atoms with Crippen LogP contribution >= 0.6 is 0 Å². The number of hydrogen-bond donors (Lipinski definition) is 1. The average Bonchev–Trinajstić information content (AvgIpc) is 2.60. The Morgan fingerprint density at radius 3 is 2.29 bits per heavy atom. The predicted octanol–water partition coefficient (Wildman–Crippen LogP) is 2.33. The number of rotatable bonds is 1. The molecule has 1 saturated heterocycles. The van der Waals surface area contributed by atoms with E-state index in [2.05, 4.69) is 26.1 Å². The Kier molecular flexibility index (Phi) is 2.61. The van der Waals surface area contributed by atoms with Crippen LogP contribution in [0.5, 0.6) is 0 Å². The topological polar surface area (TPSA) is 21.3 Å². The van der Waals surface area contributed by atoms with Crippen LogP contribution in [-0.2, 0) is 4.74 Å². The van der Waals surface area contributed by atoms with Gasteiger partial charge >= 0.3 is 0 Å². The van der Waals surface area contributed by atoms with Crippen molar-refractivity contribution in [2.45, 2.75) is 57.6 Å². The van der Waals surface area contributed by atoms with Gasteiger partial charge in [0.2, 0.25) is 0 Å². The van der Waals surface area contributed by atoms with Crippen molar-refractivity contribution in [3.8, 4) is 0 Å². The summed E-state index contributed by atoms with van der Waals surface area (Å²) in [5.41, 5.74) is 0.391. The predicted molar refractivity (Wildman–Crippen MR) is 58.4 cm³/mol. The molecule has 1 aliphatic carbocycles. The van der Waals surface area contributed by atoms with Gasteiger partial charge in [-0.25, -0.2) is 0 Å². The van der Waals surface area contributed by atoms with Gasteiger partial charge in [0.15, 0.2) is 0 Å². The van der Waals surface area contributed by atoms with Gasteiger partial charge < -0.3 is 10.1 Å². The van der Waals surface area contributed by atoms with E-state index in [0.717, 1.165) is 13.2 Å². The second-order valence-electron chi connectivity index (χ2n) is 5.60. The molecule has 2 aliphatic rings. The molecule has 2 rings (SSSR count). The zero-order valence-electron chi connectivity index (χ0n) is 9.73. The van der Waals surface area contributed by atoms with Gasteiger partial charge in [0.25, 0.3) is 0 Å². The highest BCUT2D eigenvalue weighted by atomic mass is 16.5. The van der Waals surface area contributed by atoms with Crippen molar-refractivity contribution in [1.29, 1.82) is 0 Å². The number of hydrogen-bond acceptors (Lipinski definition) is 2. The molecule has 2 nitrogen and oxygen atoms in total. The fraction of sp³-hybridized carbons (Fsp3) is 1.00. The smallest absolute Gasteiger partial charge is 0.0802 e. The van der Waals surface area contributed by atoms with Crippen LogP contribution < -0.4 is 5.32 Å². The summed E-state index contributed by atoms with van der Waals surface area (Å²) in [6, 6.07) is 0. The first-order chi connectivity index (χ1) is 6.56. The van der Waals surface area contributed by atoms with E-state index in [1.165, 1.54) is 25.7 Å². The molecule has 0 aromatic rings. The summed E-state index contributed by atoms with van der Waals surface area (Å²) in [6.45, 7) is 8.65. The van der Waals surface area contributed by atoms with Crippen molar-refractivity contribution >= 4 is 0 Å². The van der Waals surface area contributed by atoms with Gasteiger partial charge in [0.05, 0.1) is 12.2 Å². The van der Waals surface area contributed by atoms with Gasteiger partial charge in [0, 0.05) is 12.1 Å². The fourth-order valence-corrected chi connectivity index (χ4v) is 2.51. The molecule has 1 aliphatic heterocycles. The first-order valence-electron chi connectivity index (χ1n) is 5.95. The number of morpholine rings is 1. The molecule has 2 heteroatoms. The molecule has 1 saturated carbocycles. The van der Waals surface area contributed by atoms with E-state index >= 15 is 0 Å². The molecule has 1 atom stereocenters. The molecule has 0 bridgehead atoms. The van der Waals surface area contributed by atoms with Crippen LogP contribution in [0.2, 0.25) is 0 Å². The van der Waals surface area contributed by atoms with Crippen LogP contribution in [0.1, 0.15) is 46.5 Å². The minimum Gasteiger partial charge on any atom is -0.372 e. The van der Waals surface area contributed by atoms with Gasteiger partial charge in [-0.2, -0.15) is 0 Å². The fourth-order valence-electron chi connectivity index (χ4n) is 2.51. The Labute approximate surface area is 87.4 Å². The lowest BCUT2D eigenvalue weighted by Crippen LogP contribution is -2.61. The van der Waals surface area contributed by atoms with E-state index in [1.54, 1.807) is 0 Å². The van der Waals surface area contributed by atoms with Crippen molar-refractivity contribution in [1.82, 2.24) is 5.32 Å². The van der Waals surface area contributed by atoms with E-state index in [0.29, 0.717) is 11.5 Å². The molecule has 1 unspecified atom stereocenters. The highest BCUT2D eigenvalue weighted by molar-refractivity contribution is 4.99. The van der Waals surface area contributed by atoms with Crippen molar-refractivity contribution in [3.63, 3.8) is 0 Å². The molecule has 82 valence electrons. The van der Waals surface area contributed by atoms with Crippen LogP contribution in [0.25, 0.3) is 0 Å². The normalized spacial score (nSPS) is 36.9. The number of nitrogens with one attached hydrogen (secondary N) is 1. The third-order valence-electron chi connectivity index (χ3n) is 4.27. The summed E-state index contributed by atoms with van der Waals surface area (Å²) in [5, 5.41) is 3.74. The maximum atomic E-state index is 6.10. The zero-order valence-corrected chi connectivity index (χ0v) is 9.73. The van der Waals surface area contributed by atoms with Crippen LogP contribution in [0.3, 0.4) is 0 Å². The standard InChI is InChI=1S/C12H23NO/c1-10(2)11(3)8-13-12(9-14-11)6-4-5-7-12/h10,13H,4-9H2,1-3H3. The van der Waals surface area contributed by atoms with Crippen LogP contribution in [0.4, 0.5) is 0 Å². The summed E-state index contributed by atoms with van der Waals surface area (Å²) in [4.78, 5) is 0. The molecule has 0 aromatic carbocycles. The maximum absolute atomic E-state index is 6.10. The largest absolute Gasteiger partial charge is 0.372 e. The molecule has 0 aromatic heterocycles. The zero-order chi connectivity index (χ0) is 10.2. The van der Waals surface area contributed by atoms with E-state index in [-0.39, 0.29) is 5.60 Å². The summed E-state index contributed by atoms with van der Waals surface area (Å²) >= 11 is 0. The summed E-state index contributed by atoms with van der Waals surface area (Å²) < 4.78 is 6.10. The second kappa shape index (κ2) is 3.49. The molecule has 2 fully saturated rings. The minimum absolute atomic E-state index is 0.0494. The first-order valence-corrected chi connectivity index (χ1v) is 5.95. The lowest BCUT2D eigenvalue weighted by atomic mass is 9.87. The van der Waals surface area contributed by atoms with Crippen molar-refractivity contribution < 1.29 is 4.74 Å². The van der Waals surface area contributed by atoms with Gasteiger partial charge in [-0.3, -0.25) is 0 Å². The minimum atomic E-state index is 0.0494. The molecule has 14 heavy (non-hydrogen) atoms. The summed E-state index contributed by atoms with van der Waals surface area (Å²) in [5.74, 6) is 0.591. The lowest BCUT2D eigenvalue weighted by molar-refractivity contribution is -0.121. The Balaban J connectivity index is 1.97. The monoisotopic (exact) mass is 197 g/mol. The van der Waals surface area contributed by atoms with E-state index in [4.69, 9.17) is 4.74 Å². The quantitative estimate of drug-likeness (QED) is 0.696. The third-order valence-corrected chi connectivity index (χ3v) is 4.27. The van der Waals surface area contributed by atoms with Crippen molar-refractivity contribution in [2.24, 2.45) is 5.92 Å². The molecule has 0 radical (unpaired) electrons. The second-order valence-corrected chi connectivity index (χ2v) is 5.60. The SMILES string of the molecule is CC(C)C1(C)CNC2(CCCC2)CO1. The molecule has 1 spiro atoms. The van der Waals surface area contributed by atoms with E-state index < -0.39 is 0 Å². The number of ether oxygens (including phenoxy) is 1. The Morgan fingerprint density at radius 1 is 1.21 bits per heavy atom.